The van der Waals surface area contributed by atoms with Gasteiger partial charge in [0.15, 0.2) is 0 Å². The summed E-state index contributed by atoms with van der Waals surface area (Å²) in [5, 5.41) is 30.0. The van der Waals surface area contributed by atoms with Crippen LogP contribution in [0.5, 0.6) is 11.5 Å². The van der Waals surface area contributed by atoms with Crippen LogP contribution in [0.25, 0.3) is 0 Å². The highest BCUT2D eigenvalue weighted by molar-refractivity contribution is 5.96. The minimum Gasteiger partial charge on any atom is -0.508 e. The van der Waals surface area contributed by atoms with E-state index in [-0.39, 0.29) is 23.5 Å². The number of aliphatic carboxylic acids is 1. The summed E-state index contributed by atoms with van der Waals surface area (Å²) in [6.07, 6.45) is 0.0967. The first-order chi connectivity index (χ1) is 10.5. The molecule has 0 bridgehead atoms. The molecule has 2 rings (SSSR count). The van der Waals surface area contributed by atoms with Gasteiger partial charge in [0.1, 0.15) is 17.5 Å². The normalized spacial score (nSPS) is 11.6. The molecule has 0 saturated heterocycles. The second-order valence-electron chi connectivity index (χ2n) is 4.78. The van der Waals surface area contributed by atoms with E-state index in [0.29, 0.717) is 5.56 Å². The van der Waals surface area contributed by atoms with Crippen molar-refractivity contribution in [1.82, 2.24) is 5.32 Å². The smallest absolute Gasteiger partial charge is 0.326 e. The van der Waals surface area contributed by atoms with Crippen molar-refractivity contribution < 1.29 is 24.9 Å². The molecule has 1 amide bonds. The largest absolute Gasteiger partial charge is 0.508 e. The maximum Gasteiger partial charge on any atom is 0.326 e. The van der Waals surface area contributed by atoms with Crippen molar-refractivity contribution in [2.75, 3.05) is 0 Å². The third-order valence-corrected chi connectivity index (χ3v) is 3.11. The lowest BCUT2D eigenvalue weighted by molar-refractivity contribution is -0.139. The molecule has 0 fully saturated rings. The Balaban J connectivity index is 2.08. The van der Waals surface area contributed by atoms with E-state index in [1.165, 1.54) is 36.4 Å². The Morgan fingerprint density at radius 1 is 0.909 bits per heavy atom. The lowest BCUT2D eigenvalue weighted by Gasteiger charge is -2.15. The fourth-order valence-electron chi connectivity index (χ4n) is 1.92. The molecule has 6 nitrogen and oxygen atoms in total. The van der Waals surface area contributed by atoms with Gasteiger partial charge in [-0.1, -0.05) is 12.1 Å². The number of carbonyl (C=O) groups excluding carboxylic acids is 1. The van der Waals surface area contributed by atoms with E-state index in [0.717, 1.165) is 0 Å². The Bertz CT molecular complexity index is 664. The van der Waals surface area contributed by atoms with Gasteiger partial charge < -0.3 is 20.6 Å². The summed E-state index contributed by atoms with van der Waals surface area (Å²) in [5.41, 5.74) is 0.936. The van der Waals surface area contributed by atoms with Gasteiger partial charge in [-0.3, -0.25) is 4.79 Å². The van der Waals surface area contributed by atoms with Crippen molar-refractivity contribution in [3.8, 4) is 11.5 Å². The van der Waals surface area contributed by atoms with Crippen LogP contribution in [0.15, 0.2) is 48.5 Å². The lowest BCUT2D eigenvalue weighted by atomic mass is 10.1. The molecule has 0 radical (unpaired) electrons. The average molecular weight is 301 g/mol. The quantitative estimate of drug-likeness (QED) is 0.670. The number of carbonyl (C=O) groups is 2. The van der Waals surface area contributed by atoms with Crippen molar-refractivity contribution in [3.05, 3.63) is 59.7 Å². The molecule has 2 aromatic carbocycles. The summed E-state index contributed by atoms with van der Waals surface area (Å²) in [6.45, 7) is 0. The van der Waals surface area contributed by atoms with E-state index in [1.54, 1.807) is 12.1 Å². The molecule has 6 heteroatoms. The number of hydrogen-bond acceptors (Lipinski definition) is 4. The highest BCUT2D eigenvalue weighted by Crippen LogP contribution is 2.13. The van der Waals surface area contributed by atoms with Crippen LogP contribution in [0.4, 0.5) is 0 Å². The number of carboxylic acid groups (broad SMARTS) is 1. The molecule has 0 aromatic heterocycles. The van der Waals surface area contributed by atoms with Crippen LogP contribution >= 0.6 is 0 Å². The second kappa shape index (κ2) is 6.62. The maximum absolute atomic E-state index is 12.0. The summed E-state index contributed by atoms with van der Waals surface area (Å²) in [7, 11) is 0. The predicted octanol–water partition coefficient (Wildman–Crippen LogP) is 1.52. The van der Waals surface area contributed by atoms with Gasteiger partial charge in [-0.05, 0) is 42.0 Å². The van der Waals surface area contributed by atoms with Gasteiger partial charge in [0.25, 0.3) is 5.91 Å². The number of amides is 1. The first-order valence-corrected chi connectivity index (χ1v) is 6.56. The van der Waals surface area contributed by atoms with Crippen molar-refractivity contribution in [2.45, 2.75) is 12.5 Å². The van der Waals surface area contributed by atoms with Crippen LogP contribution in [-0.2, 0) is 11.2 Å². The Morgan fingerprint density at radius 3 is 1.91 bits per heavy atom. The predicted molar refractivity (Wildman–Crippen MR) is 78.8 cm³/mol. The summed E-state index contributed by atoms with van der Waals surface area (Å²) in [5.74, 6) is -1.58. The molecular weight excluding hydrogens is 286 g/mol. The van der Waals surface area contributed by atoms with Gasteiger partial charge in [0.2, 0.25) is 0 Å². The molecule has 0 heterocycles. The molecule has 0 spiro atoms. The SMILES string of the molecule is O=C(NC(Cc1ccc(O)cc1)C(=O)O)c1ccc(O)cc1. The Hall–Kier alpha value is -3.02. The number of nitrogens with one attached hydrogen (secondary N) is 1. The molecule has 0 saturated carbocycles. The fourth-order valence-corrected chi connectivity index (χ4v) is 1.92. The Kier molecular flexibility index (Phi) is 4.63. The third-order valence-electron chi connectivity index (χ3n) is 3.11. The minimum atomic E-state index is -1.15. The standard InChI is InChI=1S/C16H15NO5/c18-12-5-1-10(2-6-12)9-14(16(21)22)17-15(20)11-3-7-13(19)8-4-11/h1-8,14,18-19H,9H2,(H,17,20)(H,21,22). The molecule has 0 aliphatic rings. The zero-order valence-electron chi connectivity index (χ0n) is 11.6. The number of aromatic hydroxyl groups is 2. The molecule has 4 N–H and O–H groups in total. The summed E-state index contributed by atoms with van der Waals surface area (Å²) in [4.78, 5) is 23.3. The number of phenols is 2. The number of benzene rings is 2. The molecular formula is C16H15NO5. The van der Waals surface area contributed by atoms with E-state index in [2.05, 4.69) is 5.32 Å². The Labute approximate surface area is 126 Å². The zero-order valence-corrected chi connectivity index (χ0v) is 11.6. The summed E-state index contributed by atoms with van der Waals surface area (Å²) < 4.78 is 0. The van der Waals surface area contributed by atoms with Gasteiger partial charge in [0, 0.05) is 12.0 Å². The van der Waals surface area contributed by atoms with Crippen LogP contribution in [0, 0.1) is 0 Å². The van der Waals surface area contributed by atoms with Crippen molar-refractivity contribution >= 4 is 11.9 Å². The van der Waals surface area contributed by atoms with Crippen LogP contribution in [0.3, 0.4) is 0 Å². The molecule has 1 atom stereocenters. The summed E-state index contributed by atoms with van der Waals surface area (Å²) in [6, 6.07) is 10.5. The van der Waals surface area contributed by atoms with Gasteiger partial charge in [-0.2, -0.15) is 0 Å². The average Bonchev–Trinajstić information content (AvgIpc) is 2.49. The van der Waals surface area contributed by atoms with E-state index < -0.39 is 17.9 Å². The van der Waals surface area contributed by atoms with Crippen LogP contribution in [-0.4, -0.2) is 33.2 Å². The van der Waals surface area contributed by atoms with E-state index in [4.69, 9.17) is 0 Å². The highest BCUT2D eigenvalue weighted by Gasteiger charge is 2.21. The molecule has 22 heavy (non-hydrogen) atoms. The first-order valence-electron chi connectivity index (χ1n) is 6.56. The van der Waals surface area contributed by atoms with E-state index >= 15 is 0 Å². The zero-order chi connectivity index (χ0) is 16.1. The van der Waals surface area contributed by atoms with Crippen LogP contribution in [0.1, 0.15) is 15.9 Å². The minimum absolute atomic E-state index is 0.0235. The molecule has 2 aromatic rings. The third kappa shape index (κ3) is 3.99. The van der Waals surface area contributed by atoms with Gasteiger partial charge in [0.05, 0.1) is 0 Å². The number of phenolic OH excluding ortho intramolecular Hbond substituents is 2. The molecule has 0 aliphatic carbocycles. The second-order valence-corrected chi connectivity index (χ2v) is 4.78. The van der Waals surface area contributed by atoms with E-state index in [1.807, 2.05) is 0 Å². The number of hydrogen-bond donors (Lipinski definition) is 4. The number of carboxylic acids is 1. The van der Waals surface area contributed by atoms with Gasteiger partial charge >= 0.3 is 5.97 Å². The van der Waals surface area contributed by atoms with Gasteiger partial charge in [-0.25, -0.2) is 4.79 Å². The topological polar surface area (TPSA) is 107 Å². The van der Waals surface area contributed by atoms with Crippen molar-refractivity contribution in [1.29, 1.82) is 0 Å². The molecule has 114 valence electrons. The Morgan fingerprint density at radius 2 is 1.41 bits per heavy atom. The van der Waals surface area contributed by atoms with Crippen molar-refractivity contribution in [3.63, 3.8) is 0 Å². The monoisotopic (exact) mass is 301 g/mol. The molecule has 0 aliphatic heterocycles. The van der Waals surface area contributed by atoms with Crippen LogP contribution in [0.2, 0.25) is 0 Å². The van der Waals surface area contributed by atoms with Crippen molar-refractivity contribution in [2.24, 2.45) is 0 Å². The highest BCUT2D eigenvalue weighted by atomic mass is 16.4. The van der Waals surface area contributed by atoms with Gasteiger partial charge in [-0.15, -0.1) is 0 Å². The number of rotatable bonds is 5. The first kappa shape index (κ1) is 15.4. The maximum atomic E-state index is 12.0. The van der Waals surface area contributed by atoms with Crippen LogP contribution < -0.4 is 5.32 Å². The lowest BCUT2D eigenvalue weighted by Crippen LogP contribution is -2.42. The van der Waals surface area contributed by atoms with E-state index in [9.17, 15) is 24.9 Å². The fraction of sp³-hybridized carbons (Fsp3) is 0.125. The summed E-state index contributed by atoms with van der Waals surface area (Å²) >= 11 is 0. The molecule has 1 unspecified atom stereocenters.